The molecule has 0 atom stereocenters. The van der Waals surface area contributed by atoms with E-state index in [1.807, 2.05) is 66.7 Å². The first kappa shape index (κ1) is 26.3. The molecule has 0 unspecified atom stereocenters. The number of ether oxygens (including phenoxy) is 3. The second-order valence-corrected chi connectivity index (χ2v) is 10.3. The number of cyclic esters (lactones) is 1. The third-order valence-electron chi connectivity index (χ3n) is 5.78. The molecule has 0 spiro atoms. The van der Waals surface area contributed by atoms with Gasteiger partial charge in [-0.3, -0.25) is 0 Å². The van der Waals surface area contributed by atoms with Crippen LogP contribution in [0.5, 0.6) is 11.5 Å². The first-order valence-electron chi connectivity index (χ1n) is 11.5. The van der Waals surface area contributed by atoms with E-state index in [0.717, 1.165) is 31.4 Å². The van der Waals surface area contributed by atoms with Crippen molar-refractivity contribution in [3.8, 4) is 22.6 Å². The fourth-order valence-corrected chi connectivity index (χ4v) is 4.98. The molecule has 4 aromatic carbocycles. The fraction of sp³-hybridized carbons (Fsp3) is 0.0667. The highest BCUT2D eigenvalue weighted by Crippen LogP contribution is 2.36. The van der Waals surface area contributed by atoms with Gasteiger partial charge >= 0.3 is 5.97 Å². The number of hydrogen-bond acceptors (Lipinski definition) is 5. The number of hydrogen-bond donors (Lipinski definition) is 0. The van der Waals surface area contributed by atoms with Crippen molar-refractivity contribution in [3.63, 3.8) is 0 Å². The Balaban J connectivity index is 1.36. The van der Waals surface area contributed by atoms with Crippen molar-refractivity contribution in [3.05, 3.63) is 121 Å². The van der Waals surface area contributed by atoms with Crippen LogP contribution in [0, 0.1) is 3.57 Å². The SMILES string of the molecule is COc1cc(/C=C2\N=C(c3ccc(-c4ccccc4)cc3)OC2=O)cc(I)c1OCc1ccc(Cl)c(Cl)c1. The number of rotatable bonds is 7. The van der Waals surface area contributed by atoms with E-state index in [4.69, 9.17) is 37.4 Å². The summed E-state index contributed by atoms with van der Waals surface area (Å²) in [6.45, 7) is 0.284. The number of carbonyl (C=O) groups excluding carboxylic acids is 1. The van der Waals surface area contributed by atoms with E-state index >= 15 is 0 Å². The van der Waals surface area contributed by atoms with Crippen LogP contribution in [0.2, 0.25) is 10.0 Å². The molecule has 5 rings (SSSR count). The summed E-state index contributed by atoms with van der Waals surface area (Å²) >= 11 is 14.3. The Morgan fingerprint density at radius 2 is 1.61 bits per heavy atom. The number of halogens is 3. The van der Waals surface area contributed by atoms with Crippen LogP contribution >= 0.6 is 45.8 Å². The molecule has 1 heterocycles. The molecule has 190 valence electrons. The van der Waals surface area contributed by atoms with Gasteiger partial charge in [-0.25, -0.2) is 9.79 Å². The molecule has 0 aromatic heterocycles. The predicted octanol–water partition coefficient (Wildman–Crippen LogP) is 8.20. The summed E-state index contributed by atoms with van der Waals surface area (Å²) in [7, 11) is 1.56. The quantitative estimate of drug-likeness (QED) is 0.114. The van der Waals surface area contributed by atoms with Crippen LogP contribution < -0.4 is 9.47 Å². The summed E-state index contributed by atoms with van der Waals surface area (Å²) in [5.41, 5.74) is 4.70. The summed E-state index contributed by atoms with van der Waals surface area (Å²) in [4.78, 5) is 17.0. The Labute approximate surface area is 243 Å². The molecule has 0 saturated carbocycles. The van der Waals surface area contributed by atoms with E-state index in [1.165, 1.54) is 0 Å². The molecule has 1 aliphatic rings. The maximum absolute atomic E-state index is 12.6. The lowest BCUT2D eigenvalue weighted by molar-refractivity contribution is -0.129. The van der Waals surface area contributed by atoms with Crippen molar-refractivity contribution in [2.45, 2.75) is 6.61 Å². The van der Waals surface area contributed by atoms with E-state index in [-0.39, 0.29) is 18.2 Å². The highest BCUT2D eigenvalue weighted by atomic mass is 127. The van der Waals surface area contributed by atoms with Gasteiger partial charge in [-0.1, -0.05) is 71.7 Å². The Morgan fingerprint density at radius 3 is 2.32 bits per heavy atom. The molecule has 0 radical (unpaired) electrons. The summed E-state index contributed by atoms with van der Waals surface area (Å²) in [5.74, 6) is 0.860. The number of methoxy groups -OCH3 is 1. The van der Waals surface area contributed by atoms with E-state index in [1.54, 1.807) is 31.4 Å². The van der Waals surface area contributed by atoms with E-state index < -0.39 is 5.97 Å². The minimum atomic E-state index is -0.513. The molecule has 0 amide bonds. The largest absolute Gasteiger partial charge is 0.493 e. The molecule has 5 nitrogen and oxygen atoms in total. The molecular formula is C30H20Cl2INO4. The molecule has 0 saturated heterocycles. The summed E-state index contributed by atoms with van der Waals surface area (Å²) in [6.07, 6.45) is 1.67. The molecule has 0 N–H and O–H groups in total. The van der Waals surface area contributed by atoms with Crippen LogP contribution in [0.4, 0.5) is 0 Å². The van der Waals surface area contributed by atoms with Crippen molar-refractivity contribution >= 4 is 63.7 Å². The highest BCUT2D eigenvalue weighted by Gasteiger charge is 2.24. The minimum absolute atomic E-state index is 0.203. The molecular weight excluding hydrogens is 636 g/mol. The molecule has 4 aromatic rings. The van der Waals surface area contributed by atoms with Crippen molar-refractivity contribution in [1.29, 1.82) is 0 Å². The van der Waals surface area contributed by atoms with Gasteiger partial charge in [-0.2, -0.15) is 0 Å². The van der Waals surface area contributed by atoms with Gasteiger partial charge < -0.3 is 14.2 Å². The maximum Gasteiger partial charge on any atom is 0.363 e. The van der Waals surface area contributed by atoms with Gasteiger partial charge in [0.15, 0.2) is 17.2 Å². The summed E-state index contributed by atoms with van der Waals surface area (Å²) in [6, 6.07) is 26.8. The first-order chi connectivity index (χ1) is 18.4. The zero-order chi connectivity index (χ0) is 26.6. The molecule has 0 aliphatic carbocycles. The second kappa shape index (κ2) is 11.6. The molecule has 0 bridgehead atoms. The lowest BCUT2D eigenvalue weighted by Crippen LogP contribution is -2.05. The average molecular weight is 656 g/mol. The number of nitrogens with zero attached hydrogens (tertiary/aromatic N) is 1. The zero-order valence-electron chi connectivity index (χ0n) is 20.1. The average Bonchev–Trinajstić information content (AvgIpc) is 3.30. The standard InChI is InChI=1S/C30H20Cl2INO4/c1-36-27-16-19(14-25(33)28(27)37-17-18-7-12-23(31)24(32)13-18)15-26-30(35)38-29(34-26)22-10-8-21(9-11-22)20-5-3-2-4-6-20/h2-16H,17H2,1H3/b26-15-. The van der Waals surface area contributed by atoms with Crippen molar-refractivity contribution < 1.29 is 19.0 Å². The van der Waals surface area contributed by atoms with Gasteiger partial charge in [0.05, 0.1) is 20.7 Å². The van der Waals surface area contributed by atoms with Gasteiger partial charge in [0, 0.05) is 5.56 Å². The normalized spacial score (nSPS) is 13.8. The molecule has 0 fully saturated rings. The van der Waals surface area contributed by atoms with Crippen molar-refractivity contribution in [2.75, 3.05) is 7.11 Å². The third kappa shape index (κ3) is 5.88. The van der Waals surface area contributed by atoms with Crippen molar-refractivity contribution in [1.82, 2.24) is 0 Å². The first-order valence-corrected chi connectivity index (χ1v) is 13.4. The zero-order valence-corrected chi connectivity index (χ0v) is 23.8. The van der Waals surface area contributed by atoms with Crippen LogP contribution in [-0.4, -0.2) is 19.0 Å². The molecule has 8 heteroatoms. The highest BCUT2D eigenvalue weighted by molar-refractivity contribution is 14.1. The number of esters is 1. The number of aliphatic imine (C=N–C) groups is 1. The third-order valence-corrected chi connectivity index (χ3v) is 7.32. The Morgan fingerprint density at radius 1 is 0.895 bits per heavy atom. The lowest BCUT2D eigenvalue weighted by atomic mass is 10.0. The van der Waals surface area contributed by atoms with Gasteiger partial charge in [0.25, 0.3) is 0 Å². The van der Waals surface area contributed by atoms with Crippen LogP contribution in [0.3, 0.4) is 0 Å². The van der Waals surface area contributed by atoms with Crippen LogP contribution in [0.25, 0.3) is 17.2 Å². The monoisotopic (exact) mass is 655 g/mol. The smallest absolute Gasteiger partial charge is 0.363 e. The number of benzene rings is 4. The summed E-state index contributed by atoms with van der Waals surface area (Å²) in [5, 5.41) is 0.951. The van der Waals surface area contributed by atoms with E-state index in [2.05, 4.69) is 27.6 Å². The topological polar surface area (TPSA) is 57.1 Å². The fourth-order valence-electron chi connectivity index (χ4n) is 3.87. The van der Waals surface area contributed by atoms with Crippen LogP contribution in [0.15, 0.2) is 95.6 Å². The molecule has 1 aliphatic heterocycles. The summed E-state index contributed by atoms with van der Waals surface area (Å²) < 4.78 is 17.9. The van der Waals surface area contributed by atoms with Crippen LogP contribution in [0.1, 0.15) is 16.7 Å². The number of carbonyl (C=O) groups is 1. The Kier molecular flexibility index (Phi) is 8.02. The van der Waals surface area contributed by atoms with Crippen molar-refractivity contribution in [2.24, 2.45) is 4.99 Å². The second-order valence-electron chi connectivity index (χ2n) is 8.35. The molecule has 38 heavy (non-hydrogen) atoms. The van der Waals surface area contributed by atoms with Gasteiger partial charge in [0.2, 0.25) is 5.90 Å². The van der Waals surface area contributed by atoms with Gasteiger partial charge in [-0.05, 0) is 87.3 Å². The maximum atomic E-state index is 12.6. The Bertz CT molecular complexity index is 1570. The lowest BCUT2D eigenvalue weighted by Gasteiger charge is -2.14. The predicted molar refractivity (Wildman–Crippen MR) is 159 cm³/mol. The Hall–Kier alpha value is -3.33. The van der Waals surface area contributed by atoms with Crippen LogP contribution in [-0.2, 0) is 16.1 Å². The van der Waals surface area contributed by atoms with Gasteiger partial charge in [-0.15, -0.1) is 0 Å². The van der Waals surface area contributed by atoms with E-state index in [0.29, 0.717) is 21.5 Å². The minimum Gasteiger partial charge on any atom is -0.493 e. The van der Waals surface area contributed by atoms with E-state index in [9.17, 15) is 4.79 Å². The van der Waals surface area contributed by atoms with Gasteiger partial charge in [0.1, 0.15) is 6.61 Å².